The number of rotatable bonds is 6. The van der Waals surface area contributed by atoms with Gasteiger partial charge in [-0.05, 0) is 21.5 Å². The van der Waals surface area contributed by atoms with E-state index < -0.39 is 15.8 Å². The zero-order valence-corrected chi connectivity index (χ0v) is 12.8. The number of nitro groups is 1. The van der Waals surface area contributed by atoms with Gasteiger partial charge in [0.05, 0.1) is 5.92 Å². The van der Waals surface area contributed by atoms with Crippen LogP contribution in [0.2, 0.25) is 0 Å². The molecule has 0 unspecified atom stereocenters. The summed E-state index contributed by atoms with van der Waals surface area (Å²) in [6, 6.07) is 17.9. The van der Waals surface area contributed by atoms with Crippen LogP contribution in [0, 0.1) is 10.1 Å². The Balaban J connectivity index is 2.25. The number of alkyl halides is 1. The molecular formula is C16H14BrNO3. The topological polar surface area (TPSA) is 60.2 Å². The summed E-state index contributed by atoms with van der Waals surface area (Å²) in [7, 11) is 0. The van der Waals surface area contributed by atoms with Crippen molar-refractivity contribution in [3.8, 4) is 0 Å². The van der Waals surface area contributed by atoms with Gasteiger partial charge in [-0.2, -0.15) is 0 Å². The molecule has 0 fully saturated rings. The first kappa shape index (κ1) is 15.4. The third kappa shape index (κ3) is 3.98. The number of carbonyl (C=O) groups is 1. The molecule has 0 aliphatic rings. The van der Waals surface area contributed by atoms with E-state index >= 15 is 0 Å². The summed E-state index contributed by atoms with van der Waals surface area (Å²) in [6.07, 6.45) is 0.0882. The number of Topliss-reactive ketones (excluding diaryl/α,β-unsaturated/α-hetero) is 1. The van der Waals surface area contributed by atoms with Crippen LogP contribution < -0.4 is 0 Å². The summed E-state index contributed by atoms with van der Waals surface area (Å²) in [4.78, 5) is 22.0. The standard InChI is InChI=1S/C16H14BrNO3/c17-16(18(20)21)14(12-7-3-1-4-8-12)11-15(19)13-9-5-2-6-10-13/h1-10,14,16H,11H2/t14-,16-/m0/s1. The Morgan fingerprint density at radius 1 is 1.05 bits per heavy atom. The maximum Gasteiger partial charge on any atom is 0.273 e. The first-order chi connectivity index (χ1) is 10.1. The second-order valence-corrected chi connectivity index (χ2v) is 5.61. The highest BCUT2D eigenvalue weighted by Gasteiger charge is 2.32. The largest absolute Gasteiger partial charge is 0.294 e. The monoisotopic (exact) mass is 347 g/mol. The van der Waals surface area contributed by atoms with E-state index in [1.54, 1.807) is 36.4 Å². The molecule has 0 aliphatic carbocycles. The number of halogens is 1. The van der Waals surface area contributed by atoms with E-state index in [2.05, 4.69) is 15.9 Å². The van der Waals surface area contributed by atoms with Crippen LogP contribution in [-0.4, -0.2) is 15.7 Å². The molecule has 0 saturated heterocycles. The fraction of sp³-hybridized carbons (Fsp3) is 0.188. The van der Waals surface area contributed by atoms with Crippen LogP contribution in [0.4, 0.5) is 0 Å². The van der Waals surface area contributed by atoms with E-state index in [1.165, 1.54) is 0 Å². The summed E-state index contributed by atoms with van der Waals surface area (Å²) in [5.74, 6) is -0.607. The fourth-order valence-corrected chi connectivity index (χ4v) is 2.65. The summed E-state index contributed by atoms with van der Waals surface area (Å²) in [5.41, 5.74) is 1.35. The zero-order chi connectivity index (χ0) is 15.2. The molecule has 2 atom stereocenters. The molecule has 0 saturated carbocycles. The molecule has 0 amide bonds. The highest BCUT2D eigenvalue weighted by molar-refractivity contribution is 9.09. The lowest BCUT2D eigenvalue weighted by atomic mass is 9.91. The third-order valence-corrected chi connectivity index (χ3v) is 4.23. The molecule has 2 rings (SSSR count). The molecule has 0 bridgehead atoms. The van der Waals surface area contributed by atoms with Crippen molar-refractivity contribution in [3.63, 3.8) is 0 Å². The normalized spacial score (nSPS) is 13.4. The van der Waals surface area contributed by atoms with Gasteiger partial charge in [-0.3, -0.25) is 14.9 Å². The van der Waals surface area contributed by atoms with Crippen molar-refractivity contribution in [2.75, 3.05) is 0 Å². The molecule has 21 heavy (non-hydrogen) atoms. The van der Waals surface area contributed by atoms with Gasteiger partial charge in [-0.15, -0.1) is 0 Å². The van der Waals surface area contributed by atoms with Gasteiger partial charge < -0.3 is 0 Å². The lowest BCUT2D eigenvalue weighted by Crippen LogP contribution is -2.23. The first-order valence-electron chi connectivity index (χ1n) is 6.50. The van der Waals surface area contributed by atoms with Gasteiger partial charge in [0.2, 0.25) is 0 Å². The van der Waals surface area contributed by atoms with E-state index in [-0.39, 0.29) is 12.2 Å². The molecule has 0 heterocycles. The average Bonchev–Trinajstić information content (AvgIpc) is 2.53. The van der Waals surface area contributed by atoms with Crippen LogP contribution in [0.3, 0.4) is 0 Å². The number of ketones is 1. The van der Waals surface area contributed by atoms with Crippen LogP contribution in [-0.2, 0) is 0 Å². The lowest BCUT2D eigenvalue weighted by Gasteiger charge is -2.16. The van der Waals surface area contributed by atoms with Crippen LogP contribution in [0.5, 0.6) is 0 Å². The molecule has 0 radical (unpaired) electrons. The second kappa shape index (κ2) is 7.13. The summed E-state index contributed by atoms with van der Waals surface area (Å²) in [6.45, 7) is 0. The fourth-order valence-electron chi connectivity index (χ4n) is 2.16. The second-order valence-electron chi connectivity index (χ2n) is 4.67. The van der Waals surface area contributed by atoms with Gasteiger partial charge >= 0.3 is 0 Å². The number of hydrogen-bond acceptors (Lipinski definition) is 3. The minimum absolute atomic E-state index is 0.0882. The number of nitrogens with zero attached hydrogens (tertiary/aromatic N) is 1. The highest BCUT2D eigenvalue weighted by atomic mass is 79.9. The van der Waals surface area contributed by atoms with Crippen molar-refractivity contribution < 1.29 is 9.72 Å². The summed E-state index contributed by atoms with van der Waals surface area (Å²) >= 11 is 3.10. The van der Waals surface area contributed by atoms with Crippen molar-refractivity contribution in [1.82, 2.24) is 0 Å². The quantitative estimate of drug-likeness (QED) is 0.260. The molecule has 108 valence electrons. The molecule has 0 N–H and O–H groups in total. The zero-order valence-electron chi connectivity index (χ0n) is 11.2. The lowest BCUT2D eigenvalue weighted by molar-refractivity contribution is -0.496. The molecule has 0 aliphatic heterocycles. The van der Waals surface area contributed by atoms with E-state index in [1.807, 2.05) is 24.3 Å². The van der Waals surface area contributed by atoms with Gasteiger partial charge in [0.15, 0.2) is 5.78 Å². The predicted octanol–water partition coefficient (Wildman–Crippen LogP) is 4.04. The summed E-state index contributed by atoms with van der Waals surface area (Å²) < 4.78 is 0. The molecule has 5 heteroatoms. The van der Waals surface area contributed by atoms with Crippen molar-refractivity contribution in [2.24, 2.45) is 0 Å². The van der Waals surface area contributed by atoms with Gasteiger partial charge in [0, 0.05) is 16.9 Å². The van der Waals surface area contributed by atoms with Gasteiger partial charge in [-0.1, -0.05) is 60.7 Å². The highest BCUT2D eigenvalue weighted by Crippen LogP contribution is 2.30. The summed E-state index contributed by atoms with van der Waals surface area (Å²) in [5, 5.41) is 11.1. The Morgan fingerprint density at radius 2 is 1.57 bits per heavy atom. The number of hydrogen-bond donors (Lipinski definition) is 0. The third-order valence-electron chi connectivity index (χ3n) is 3.26. The SMILES string of the molecule is O=C(C[C@@H](c1ccccc1)[C@@H](Br)[N+](=O)[O-])c1ccccc1. The van der Waals surface area contributed by atoms with E-state index in [4.69, 9.17) is 0 Å². The predicted molar refractivity (Wildman–Crippen MR) is 84.3 cm³/mol. The molecule has 0 aromatic heterocycles. The minimum atomic E-state index is -0.993. The Hall–Kier alpha value is -2.01. The molecule has 2 aromatic carbocycles. The maximum atomic E-state index is 12.3. The first-order valence-corrected chi connectivity index (χ1v) is 7.42. The van der Waals surface area contributed by atoms with Crippen molar-refractivity contribution in [3.05, 3.63) is 81.9 Å². The molecule has 4 nitrogen and oxygen atoms in total. The van der Waals surface area contributed by atoms with Gasteiger partial charge in [0.25, 0.3) is 4.95 Å². The average molecular weight is 348 g/mol. The molecule has 2 aromatic rings. The maximum absolute atomic E-state index is 12.3. The van der Waals surface area contributed by atoms with Crippen LogP contribution in [0.1, 0.15) is 28.3 Å². The van der Waals surface area contributed by atoms with Crippen LogP contribution in [0.15, 0.2) is 60.7 Å². The van der Waals surface area contributed by atoms with Crippen LogP contribution in [0.25, 0.3) is 0 Å². The van der Waals surface area contributed by atoms with Crippen LogP contribution >= 0.6 is 15.9 Å². The minimum Gasteiger partial charge on any atom is -0.294 e. The van der Waals surface area contributed by atoms with Gasteiger partial charge in [0.1, 0.15) is 0 Å². The van der Waals surface area contributed by atoms with Crippen molar-refractivity contribution >= 4 is 21.7 Å². The van der Waals surface area contributed by atoms with E-state index in [0.29, 0.717) is 5.56 Å². The van der Waals surface area contributed by atoms with E-state index in [0.717, 1.165) is 5.56 Å². The smallest absolute Gasteiger partial charge is 0.273 e. The van der Waals surface area contributed by atoms with Crippen molar-refractivity contribution in [2.45, 2.75) is 17.3 Å². The Bertz CT molecular complexity index is 616. The molecule has 0 spiro atoms. The Morgan fingerprint density at radius 3 is 2.10 bits per heavy atom. The van der Waals surface area contributed by atoms with Gasteiger partial charge in [-0.25, -0.2) is 0 Å². The molecular weight excluding hydrogens is 334 g/mol. The number of carbonyl (C=O) groups excluding carboxylic acids is 1. The van der Waals surface area contributed by atoms with E-state index in [9.17, 15) is 14.9 Å². The Kier molecular flexibility index (Phi) is 5.22. The van der Waals surface area contributed by atoms with Crippen molar-refractivity contribution in [1.29, 1.82) is 0 Å². The Labute approximate surface area is 131 Å². The number of benzene rings is 2.